The van der Waals surface area contributed by atoms with Crippen LogP contribution in [0.4, 0.5) is 5.69 Å². The van der Waals surface area contributed by atoms with Crippen molar-refractivity contribution in [2.24, 2.45) is 0 Å². The third-order valence-electron chi connectivity index (χ3n) is 3.06. The summed E-state index contributed by atoms with van der Waals surface area (Å²) in [6, 6.07) is 13.2. The molecular weight excluding hydrogens is 270 g/mol. The maximum atomic E-state index is 10.6. The molecule has 0 spiro atoms. The highest BCUT2D eigenvalue weighted by atomic mass is 16.6. The molecule has 0 aliphatic heterocycles. The van der Waals surface area contributed by atoms with E-state index in [1.807, 2.05) is 24.3 Å². The van der Waals surface area contributed by atoms with Crippen molar-refractivity contribution in [3.05, 3.63) is 70.0 Å². The Morgan fingerprint density at radius 2 is 1.90 bits per heavy atom. The van der Waals surface area contributed by atoms with Crippen molar-refractivity contribution in [1.82, 2.24) is 9.97 Å². The number of fused-ring (bicyclic) bond motifs is 1. The molecule has 6 nitrogen and oxygen atoms in total. The number of aliphatic hydroxyl groups excluding tert-OH is 1. The molecule has 0 unspecified atom stereocenters. The highest BCUT2D eigenvalue weighted by Crippen LogP contribution is 2.19. The van der Waals surface area contributed by atoms with Gasteiger partial charge in [-0.05, 0) is 24.3 Å². The molecule has 1 aromatic heterocycles. The maximum Gasteiger partial charge on any atom is 0.269 e. The van der Waals surface area contributed by atoms with Crippen LogP contribution in [-0.4, -0.2) is 20.0 Å². The Hall–Kier alpha value is -3.15. The fourth-order valence-electron chi connectivity index (χ4n) is 2.01. The minimum absolute atomic E-state index is 0.0102. The molecule has 0 fully saturated rings. The number of aromatic amines is 1. The van der Waals surface area contributed by atoms with Gasteiger partial charge in [-0.25, -0.2) is 4.98 Å². The van der Waals surface area contributed by atoms with Crippen LogP contribution >= 0.6 is 0 Å². The summed E-state index contributed by atoms with van der Waals surface area (Å²) in [5, 5.41) is 20.6. The second kappa shape index (κ2) is 5.09. The fourth-order valence-corrected chi connectivity index (χ4v) is 2.01. The summed E-state index contributed by atoms with van der Waals surface area (Å²) in [4.78, 5) is 17.5. The van der Waals surface area contributed by atoms with Crippen LogP contribution < -0.4 is 0 Å². The molecule has 6 heteroatoms. The second-order valence-electron chi connectivity index (χ2n) is 4.47. The first-order valence-corrected chi connectivity index (χ1v) is 6.24. The Labute approximate surface area is 119 Å². The van der Waals surface area contributed by atoms with Crippen molar-refractivity contribution in [1.29, 1.82) is 0 Å². The van der Waals surface area contributed by atoms with Crippen LogP contribution in [0.15, 0.2) is 48.5 Å². The van der Waals surface area contributed by atoms with Crippen LogP contribution in [0.1, 0.15) is 11.4 Å². The normalized spacial score (nSPS) is 11.7. The number of hydrogen-bond donors (Lipinski definition) is 2. The van der Waals surface area contributed by atoms with E-state index in [2.05, 4.69) is 9.97 Å². The molecule has 0 aliphatic carbocycles. The van der Waals surface area contributed by atoms with Crippen molar-refractivity contribution in [3.63, 3.8) is 0 Å². The zero-order chi connectivity index (χ0) is 14.8. The average Bonchev–Trinajstić information content (AvgIpc) is 2.89. The number of non-ortho nitro benzene ring substituents is 1. The van der Waals surface area contributed by atoms with Gasteiger partial charge in [-0.2, -0.15) is 0 Å². The van der Waals surface area contributed by atoms with E-state index in [9.17, 15) is 15.2 Å². The van der Waals surface area contributed by atoms with E-state index in [0.717, 1.165) is 11.0 Å². The lowest BCUT2D eigenvalue weighted by Crippen LogP contribution is -1.89. The predicted octanol–water partition coefficient (Wildman–Crippen LogP) is 3.53. The Kier molecular flexibility index (Phi) is 3.12. The van der Waals surface area contributed by atoms with E-state index in [1.165, 1.54) is 30.3 Å². The lowest BCUT2D eigenvalue weighted by Gasteiger charge is -1.99. The Morgan fingerprint density at radius 3 is 2.57 bits per heavy atom. The van der Waals surface area contributed by atoms with Crippen molar-refractivity contribution >= 4 is 28.6 Å². The van der Waals surface area contributed by atoms with Gasteiger partial charge in [0, 0.05) is 23.8 Å². The highest BCUT2D eigenvalue weighted by molar-refractivity contribution is 5.80. The lowest BCUT2D eigenvalue weighted by atomic mass is 10.1. The number of nitrogens with one attached hydrogen (secondary N) is 1. The van der Waals surface area contributed by atoms with Gasteiger partial charge in [0.05, 0.1) is 16.0 Å². The quantitative estimate of drug-likeness (QED) is 0.436. The van der Waals surface area contributed by atoms with Crippen molar-refractivity contribution in [3.8, 4) is 0 Å². The second-order valence-corrected chi connectivity index (χ2v) is 4.47. The van der Waals surface area contributed by atoms with E-state index in [0.29, 0.717) is 11.4 Å². The number of nitro groups is 1. The molecule has 0 aliphatic rings. The minimum Gasteiger partial charge on any atom is -0.507 e. The summed E-state index contributed by atoms with van der Waals surface area (Å²) >= 11 is 0. The van der Waals surface area contributed by atoms with Crippen molar-refractivity contribution in [2.45, 2.75) is 0 Å². The Morgan fingerprint density at radius 1 is 1.19 bits per heavy atom. The van der Waals surface area contributed by atoms with Gasteiger partial charge in [0.25, 0.3) is 5.69 Å². The van der Waals surface area contributed by atoms with Gasteiger partial charge in [-0.15, -0.1) is 0 Å². The molecule has 0 radical (unpaired) electrons. The van der Waals surface area contributed by atoms with Crippen LogP contribution in [0.3, 0.4) is 0 Å². The zero-order valence-corrected chi connectivity index (χ0v) is 10.9. The van der Waals surface area contributed by atoms with Crippen LogP contribution in [0.5, 0.6) is 0 Å². The lowest BCUT2D eigenvalue weighted by molar-refractivity contribution is -0.384. The Bertz CT molecular complexity index is 802. The number of H-pyrrole nitrogens is 1. The molecule has 2 aromatic carbocycles. The van der Waals surface area contributed by atoms with Gasteiger partial charge in [-0.3, -0.25) is 10.1 Å². The fraction of sp³-hybridized carbons (Fsp3) is 0. The first-order valence-electron chi connectivity index (χ1n) is 6.24. The molecule has 0 amide bonds. The summed E-state index contributed by atoms with van der Waals surface area (Å²) in [5.41, 5.74) is 2.15. The van der Waals surface area contributed by atoms with E-state index in [4.69, 9.17) is 0 Å². The average molecular weight is 281 g/mol. The third kappa shape index (κ3) is 2.59. The molecule has 0 bridgehead atoms. The smallest absolute Gasteiger partial charge is 0.269 e. The largest absolute Gasteiger partial charge is 0.507 e. The van der Waals surface area contributed by atoms with E-state index < -0.39 is 4.92 Å². The monoisotopic (exact) mass is 281 g/mol. The number of para-hydroxylation sites is 2. The maximum absolute atomic E-state index is 10.6. The molecule has 3 aromatic rings. The van der Waals surface area contributed by atoms with Crippen LogP contribution in [0.2, 0.25) is 0 Å². The van der Waals surface area contributed by atoms with Gasteiger partial charge in [0.15, 0.2) is 0 Å². The highest BCUT2D eigenvalue weighted by Gasteiger charge is 2.07. The number of benzene rings is 2. The molecule has 3 rings (SSSR count). The molecule has 0 saturated carbocycles. The molecule has 1 heterocycles. The SMILES string of the molecule is O=[N+]([O-])c1ccc(/C(O)=C/c2nc3ccccc3[nH]2)cc1. The Balaban J connectivity index is 1.92. The zero-order valence-electron chi connectivity index (χ0n) is 10.9. The van der Waals surface area contributed by atoms with E-state index in [1.54, 1.807) is 0 Å². The van der Waals surface area contributed by atoms with Crippen LogP contribution in [0.25, 0.3) is 22.9 Å². The first kappa shape index (κ1) is 12.9. The molecule has 104 valence electrons. The molecular formula is C15H11N3O3. The van der Waals surface area contributed by atoms with Crippen molar-refractivity contribution < 1.29 is 10.0 Å². The van der Waals surface area contributed by atoms with E-state index >= 15 is 0 Å². The number of nitrogens with zero attached hydrogens (tertiary/aromatic N) is 2. The van der Waals surface area contributed by atoms with Gasteiger partial charge < -0.3 is 10.1 Å². The summed E-state index contributed by atoms with van der Waals surface area (Å²) in [7, 11) is 0. The number of aliphatic hydroxyl groups is 1. The first-order chi connectivity index (χ1) is 10.1. The van der Waals surface area contributed by atoms with Crippen LogP contribution in [-0.2, 0) is 0 Å². The minimum atomic E-state index is -0.482. The van der Waals surface area contributed by atoms with Gasteiger partial charge in [0.2, 0.25) is 0 Å². The number of nitro benzene ring substituents is 1. The standard InChI is InChI=1S/C15H11N3O3/c19-14(10-5-7-11(8-6-10)18(20)21)9-15-16-12-3-1-2-4-13(12)17-15/h1-9,19H,(H,16,17)/b14-9-. The molecule has 0 atom stereocenters. The van der Waals surface area contributed by atoms with Gasteiger partial charge in [0.1, 0.15) is 11.6 Å². The molecule has 2 N–H and O–H groups in total. The summed E-state index contributed by atoms with van der Waals surface area (Å²) < 4.78 is 0. The number of aromatic nitrogens is 2. The van der Waals surface area contributed by atoms with Crippen LogP contribution in [0, 0.1) is 10.1 Å². The number of hydrogen-bond acceptors (Lipinski definition) is 4. The summed E-state index contributed by atoms with van der Waals surface area (Å²) in [5.74, 6) is 0.510. The number of imidazole rings is 1. The van der Waals surface area contributed by atoms with Gasteiger partial charge in [-0.1, -0.05) is 12.1 Å². The summed E-state index contributed by atoms with van der Waals surface area (Å²) in [6.07, 6.45) is 1.49. The van der Waals surface area contributed by atoms with E-state index in [-0.39, 0.29) is 11.4 Å². The predicted molar refractivity (Wildman–Crippen MR) is 79.7 cm³/mol. The molecule has 21 heavy (non-hydrogen) atoms. The van der Waals surface area contributed by atoms with Crippen molar-refractivity contribution in [2.75, 3.05) is 0 Å². The third-order valence-corrected chi connectivity index (χ3v) is 3.06. The molecule has 0 saturated heterocycles. The number of rotatable bonds is 3. The summed E-state index contributed by atoms with van der Waals surface area (Å²) in [6.45, 7) is 0. The van der Waals surface area contributed by atoms with Gasteiger partial charge >= 0.3 is 0 Å². The topological polar surface area (TPSA) is 92.1 Å².